The van der Waals surface area contributed by atoms with Crippen LogP contribution in [0.2, 0.25) is 0 Å². The summed E-state index contributed by atoms with van der Waals surface area (Å²) in [5.41, 5.74) is 3.63. The molecular formula is C20H17N3O2S. The Morgan fingerprint density at radius 3 is 2.85 bits per heavy atom. The van der Waals surface area contributed by atoms with Crippen molar-refractivity contribution in [2.75, 3.05) is 0 Å². The van der Waals surface area contributed by atoms with Crippen molar-refractivity contribution in [3.63, 3.8) is 0 Å². The molecule has 0 spiro atoms. The Hall–Kier alpha value is -2.86. The van der Waals surface area contributed by atoms with E-state index in [1.165, 1.54) is 11.8 Å². The average Bonchev–Trinajstić information content (AvgIpc) is 3.28. The number of aromatic amines is 1. The fraction of sp³-hybridized carbons (Fsp3) is 0.150. The van der Waals surface area contributed by atoms with Crippen molar-refractivity contribution in [3.8, 4) is 11.5 Å². The molecule has 2 heterocycles. The zero-order valence-corrected chi connectivity index (χ0v) is 15.2. The number of ketones is 1. The van der Waals surface area contributed by atoms with E-state index in [0.29, 0.717) is 16.7 Å². The zero-order valence-electron chi connectivity index (χ0n) is 14.4. The van der Waals surface area contributed by atoms with Crippen LogP contribution in [0.4, 0.5) is 0 Å². The number of para-hydroxylation sites is 1. The first-order valence-electron chi connectivity index (χ1n) is 8.29. The Labute approximate surface area is 154 Å². The fourth-order valence-corrected chi connectivity index (χ4v) is 3.60. The molecule has 0 saturated carbocycles. The molecule has 0 aliphatic heterocycles. The number of aryl methyl sites for hydroxylation is 1. The maximum absolute atomic E-state index is 12.8. The molecular weight excluding hydrogens is 346 g/mol. The Bertz CT molecular complexity index is 1080. The number of hydrogen-bond donors (Lipinski definition) is 1. The topological polar surface area (TPSA) is 71.8 Å². The molecule has 5 nitrogen and oxygen atoms in total. The van der Waals surface area contributed by atoms with Crippen LogP contribution in [0.5, 0.6) is 0 Å². The molecule has 0 fully saturated rings. The van der Waals surface area contributed by atoms with Gasteiger partial charge in [-0.1, -0.05) is 47.7 Å². The molecule has 1 N–H and O–H groups in total. The van der Waals surface area contributed by atoms with E-state index in [1.54, 1.807) is 6.20 Å². The first-order valence-corrected chi connectivity index (χ1v) is 9.17. The van der Waals surface area contributed by atoms with Gasteiger partial charge >= 0.3 is 0 Å². The third kappa shape index (κ3) is 3.15. The fourth-order valence-electron chi connectivity index (χ4n) is 2.85. The van der Waals surface area contributed by atoms with Crippen molar-refractivity contribution >= 4 is 28.4 Å². The number of aromatic nitrogens is 3. The summed E-state index contributed by atoms with van der Waals surface area (Å²) in [5.74, 6) is 0.491. The first-order chi connectivity index (χ1) is 12.6. The van der Waals surface area contributed by atoms with Gasteiger partial charge in [-0.2, -0.15) is 0 Å². The van der Waals surface area contributed by atoms with Crippen molar-refractivity contribution in [1.29, 1.82) is 0 Å². The van der Waals surface area contributed by atoms with E-state index in [9.17, 15) is 4.79 Å². The van der Waals surface area contributed by atoms with Gasteiger partial charge in [0.15, 0.2) is 5.78 Å². The Kier molecular flexibility index (Phi) is 4.34. The third-order valence-electron chi connectivity index (χ3n) is 4.17. The SMILES string of the molecule is Cc1cccc(-c2nnc(SC(C)C(=O)c3c[nH]c4ccccc34)o2)c1. The lowest BCUT2D eigenvalue weighted by Gasteiger charge is -2.06. The predicted octanol–water partition coefficient (Wildman–Crippen LogP) is 4.89. The van der Waals surface area contributed by atoms with E-state index in [2.05, 4.69) is 15.2 Å². The van der Waals surface area contributed by atoms with Crippen LogP contribution in [0.1, 0.15) is 22.8 Å². The van der Waals surface area contributed by atoms with Crippen LogP contribution < -0.4 is 0 Å². The van der Waals surface area contributed by atoms with Gasteiger partial charge in [-0.25, -0.2) is 0 Å². The minimum atomic E-state index is -0.333. The maximum Gasteiger partial charge on any atom is 0.277 e. The summed E-state index contributed by atoms with van der Waals surface area (Å²) in [4.78, 5) is 16.0. The summed E-state index contributed by atoms with van der Waals surface area (Å²) < 4.78 is 5.73. The molecule has 0 radical (unpaired) electrons. The summed E-state index contributed by atoms with van der Waals surface area (Å²) >= 11 is 1.27. The standard InChI is InChI=1S/C20H17N3O2S/c1-12-6-5-7-14(10-12)19-22-23-20(25-19)26-13(2)18(24)16-11-21-17-9-4-3-8-15(16)17/h3-11,13,21H,1-2H3. The predicted molar refractivity (Wildman–Crippen MR) is 102 cm³/mol. The molecule has 6 heteroatoms. The maximum atomic E-state index is 12.8. The molecule has 26 heavy (non-hydrogen) atoms. The number of carbonyl (C=O) groups excluding carboxylic acids is 1. The number of Topliss-reactive ketones (excluding diaryl/α,β-unsaturated/α-hetero) is 1. The number of H-pyrrole nitrogens is 1. The second kappa shape index (κ2) is 6.80. The summed E-state index contributed by atoms with van der Waals surface area (Å²) in [6.45, 7) is 3.86. The second-order valence-electron chi connectivity index (χ2n) is 6.11. The smallest absolute Gasteiger partial charge is 0.277 e. The van der Waals surface area contributed by atoms with E-state index in [1.807, 2.05) is 62.4 Å². The molecule has 0 aliphatic carbocycles. The molecule has 1 atom stereocenters. The number of benzene rings is 2. The largest absolute Gasteiger partial charge is 0.411 e. The van der Waals surface area contributed by atoms with Gasteiger partial charge in [0.05, 0.1) is 5.25 Å². The van der Waals surface area contributed by atoms with E-state index in [4.69, 9.17) is 4.42 Å². The van der Waals surface area contributed by atoms with Gasteiger partial charge in [0.2, 0.25) is 5.89 Å². The van der Waals surface area contributed by atoms with Crippen molar-refractivity contribution in [1.82, 2.24) is 15.2 Å². The van der Waals surface area contributed by atoms with Gasteiger partial charge in [0.1, 0.15) is 0 Å². The van der Waals surface area contributed by atoms with Crippen LogP contribution in [-0.4, -0.2) is 26.2 Å². The second-order valence-corrected chi connectivity index (χ2v) is 7.41. The number of rotatable bonds is 5. The number of fused-ring (bicyclic) bond motifs is 1. The van der Waals surface area contributed by atoms with Crippen molar-refractivity contribution < 1.29 is 9.21 Å². The third-order valence-corrected chi connectivity index (χ3v) is 5.11. The molecule has 0 saturated heterocycles. The number of nitrogens with one attached hydrogen (secondary N) is 1. The molecule has 0 amide bonds. The highest BCUT2D eigenvalue weighted by molar-refractivity contribution is 8.00. The molecule has 4 aromatic rings. The van der Waals surface area contributed by atoms with Gasteiger partial charge in [-0.05, 0) is 32.0 Å². The highest BCUT2D eigenvalue weighted by atomic mass is 32.2. The Morgan fingerprint density at radius 2 is 2.00 bits per heavy atom. The Morgan fingerprint density at radius 1 is 1.15 bits per heavy atom. The van der Waals surface area contributed by atoms with E-state index < -0.39 is 0 Å². The quantitative estimate of drug-likeness (QED) is 0.404. The van der Waals surface area contributed by atoms with E-state index >= 15 is 0 Å². The lowest BCUT2D eigenvalue weighted by molar-refractivity contribution is 0.0995. The van der Waals surface area contributed by atoms with Gasteiger partial charge in [-0.15, -0.1) is 10.2 Å². The van der Waals surface area contributed by atoms with Gasteiger partial charge in [0.25, 0.3) is 5.22 Å². The first kappa shape index (κ1) is 16.6. The van der Waals surface area contributed by atoms with Crippen molar-refractivity contribution in [2.24, 2.45) is 0 Å². The summed E-state index contributed by atoms with van der Waals surface area (Å²) in [7, 11) is 0. The summed E-state index contributed by atoms with van der Waals surface area (Å²) in [6, 6.07) is 15.6. The van der Waals surface area contributed by atoms with Crippen molar-refractivity contribution in [2.45, 2.75) is 24.3 Å². The minimum Gasteiger partial charge on any atom is -0.411 e. The summed E-state index contributed by atoms with van der Waals surface area (Å²) in [5, 5.41) is 9.16. The summed E-state index contributed by atoms with van der Waals surface area (Å²) in [6.07, 6.45) is 1.76. The van der Waals surface area contributed by atoms with Crippen LogP contribution in [0.15, 0.2) is 64.4 Å². The number of hydrogen-bond acceptors (Lipinski definition) is 5. The van der Waals surface area contributed by atoms with Gasteiger partial charge in [0, 0.05) is 28.2 Å². The number of carbonyl (C=O) groups is 1. The highest BCUT2D eigenvalue weighted by Gasteiger charge is 2.22. The van der Waals surface area contributed by atoms with Crippen LogP contribution >= 0.6 is 11.8 Å². The monoisotopic (exact) mass is 363 g/mol. The normalized spacial score (nSPS) is 12.4. The Balaban J connectivity index is 1.53. The van der Waals surface area contributed by atoms with Crippen LogP contribution in [0, 0.1) is 6.92 Å². The van der Waals surface area contributed by atoms with E-state index in [-0.39, 0.29) is 11.0 Å². The molecule has 0 aliphatic rings. The molecule has 1 unspecified atom stereocenters. The molecule has 2 aromatic carbocycles. The van der Waals surface area contributed by atoms with Gasteiger partial charge < -0.3 is 9.40 Å². The van der Waals surface area contributed by atoms with E-state index in [0.717, 1.165) is 22.0 Å². The lowest BCUT2D eigenvalue weighted by Crippen LogP contribution is -2.13. The minimum absolute atomic E-state index is 0.0303. The number of thioether (sulfide) groups is 1. The molecule has 2 aromatic heterocycles. The number of nitrogens with zero attached hydrogens (tertiary/aromatic N) is 2. The molecule has 130 valence electrons. The average molecular weight is 363 g/mol. The van der Waals surface area contributed by atoms with Crippen molar-refractivity contribution in [3.05, 3.63) is 65.9 Å². The van der Waals surface area contributed by atoms with Crippen LogP contribution in [-0.2, 0) is 0 Å². The van der Waals surface area contributed by atoms with Crippen LogP contribution in [0.25, 0.3) is 22.4 Å². The highest BCUT2D eigenvalue weighted by Crippen LogP contribution is 2.29. The van der Waals surface area contributed by atoms with Gasteiger partial charge in [-0.3, -0.25) is 4.79 Å². The van der Waals surface area contributed by atoms with Crippen LogP contribution in [0.3, 0.4) is 0 Å². The lowest BCUT2D eigenvalue weighted by atomic mass is 10.1. The molecule has 0 bridgehead atoms. The zero-order chi connectivity index (χ0) is 18.1. The molecule has 4 rings (SSSR count).